The summed E-state index contributed by atoms with van der Waals surface area (Å²) in [6.45, 7) is 0.543. The van der Waals surface area contributed by atoms with Crippen LogP contribution >= 0.6 is 12.2 Å². The van der Waals surface area contributed by atoms with Crippen LogP contribution in [0.25, 0.3) is 10.9 Å². The molecule has 0 aliphatic carbocycles. The van der Waals surface area contributed by atoms with Crippen LogP contribution in [-0.4, -0.2) is 60.6 Å². The number of esters is 1. The number of H-pyrrole nitrogens is 1. The molecule has 0 bridgehead atoms. The lowest BCUT2D eigenvalue weighted by Crippen LogP contribution is -2.37. The number of nitrogens with one attached hydrogen (secondary N) is 2. The number of hydrogen-bond acceptors (Lipinski definition) is 7. The average Bonchev–Trinajstić information content (AvgIpc) is 2.85. The first-order chi connectivity index (χ1) is 16.4. The third-order valence-corrected chi connectivity index (χ3v) is 5.59. The largest absolute Gasteiger partial charge is 0.493 e. The van der Waals surface area contributed by atoms with Gasteiger partial charge in [-0.15, -0.1) is 0 Å². The molecule has 0 saturated heterocycles. The number of aliphatic hydroxyl groups is 1. The van der Waals surface area contributed by atoms with E-state index < -0.39 is 5.97 Å². The van der Waals surface area contributed by atoms with Gasteiger partial charge in [-0.3, -0.25) is 4.79 Å². The number of carbonyl (C=O) groups is 1. The minimum atomic E-state index is -0.497. The van der Waals surface area contributed by atoms with Crippen LogP contribution in [0, 0.1) is 0 Å². The van der Waals surface area contributed by atoms with E-state index in [1.54, 1.807) is 54.5 Å². The van der Waals surface area contributed by atoms with Gasteiger partial charge in [0, 0.05) is 30.2 Å². The van der Waals surface area contributed by atoms with E-state index in [-0.39, 0.29) is 18.7 Å². The van der Waals surface area contributed by atoms with Crippen molar-refractivity contribution < 1.29 is 24.1 Å². The fourth-order valence-electron chi connectivity index (χ4n) is 3.49. The molecule has 3 N–H and O–H groups in total. The number of nitrogens with zero attached hydrogens (tertiary/aromatic N) is 1. The minimum Gasteiger partial charge on any atom is -0.493 e. The normalized spacial score (nSPS) is 10.6. The Bertz CT molecular complexity index is 1240. The molecule has 34 heavy (non-hydrogen) atoms. The average molecular weight is 486 g/mol. The van der Waals surface area contributed by atoms with Gasteiger partial charge >= 0.3 is 5.97 Å². The van der Waals surface area contributed by atoms with Gasteiger partial charge < -0.3 is 34.5 Å². The summed E-state index contributed by atoms with van der Waals surface area (Å²) in [6.07, 6.45) is 0.441. The van der Waals surface area contributed by atoms with Crippen LogP contribution in [0.1, 0.15) is 22.3 Å². The molecular weight excluding hydrogens is 458 g/mol. The SMILES string of the molecule is COC(=O)c1ccccc1NC(=S)N(CCCO)Cc1cc2cc(OC)c(OC)cc2[nH]c1=O. The molecule has 1 aromatic heterocycles. The number of benzene rings is 2. The van der Waals surface area contributed by atoms with Crippen molar-refractivity contribution in [2.75, 3.05) is 39.8 Å². The molecule has 0 aliphatic heterocycles. The number of hydrogen-bond donors (Lipinski definition) is 3. The monoisotopic (exact) mass is 485 g/mol. The number of methoxy groups -OCH3 is 3. The van der Waals surface area contributed by atoms with Crippen molar-refractivity contribution in [1.29, 1.82) is 0 Å². The second kappa shape index (κ2) is 11.5. The summed E-state index contributed by atoms with van der Waals surface area (Å²) in [7, 11) is 4.38. The number of aromatic nitrogens is 1. The third-order valence-electron chi connectivity index (χ3n) is 5.23. The van der Waals surface area contributed by atoms with E-state index in [0.717, 1.165) is 5.39 Å². The molecule has 0 radical (unpaired) electrons. The first-order valence-electron chi connectivity index (χ1n) is 10.5. The van der Waals surface area contributed by atoms with E-state index in [4.69, 9.17) is 26.4 Å². The smallest absolute Gasteiger partial charge is 0.339 e. The van der Waals surface area contributed by atoms with Crippen molar-refractivity contribution in [2.45, 2.75) is 13.0 Å². The molecule has 0 atom stereocenters. The first-order valence-corrected chi connectivity index (χ1v) is 10.9. The van der Waals surface area contributed by atoms with Crippen molar-refractivity contribution in [3.8, 4) is 11.5 Å². The summed E-state index contributed by atoms with van der Waals surface area (Å²) >= 11 is 5.60. The predicted molar refractivity (Wildman–Crippen MR) is 134 cm³/mol. The molecule has 0 aliphatic rings. The van der Waals surface area contributed by atoms with E-state index in [9.17, 15) is 14.7 Å². The number of aromatic amines is 1. The number of fused-ring (bicyclic) bond motifs is 1. The Kier molecular flexibility index (Phi) is 8.44. The van der Waals surface area contributed by atoms with Crippen LogP contribution in [0.3, 0.4) is 0 Å². The molecule has 0 saturated carbocycles. The van der Waals surface area contributed by atoms with Crippen LogP contribution in [0.4, 0.5) is 5.69 Å². The Morgan fingerprint density at radius 2 is 1.82 bits per heavy atom. The summed E-state index contributed by atoms with van der Waals surface area (Å²) < 4.78 is 15.5. The lowest BCUT2D eigenvalue weighted by atomic mass is 10.1. The maximum atomic E-state index is 12.8. The number of thiocarbonyl (C=S) groups is 1. The highest BCUT2D eigenvalue weighted by Gasteiger charge is 2.17. The topological polar surface area (TPSA) is 113 Å². The van der Waals surface area contributed by atoms with Crippen molar-refractivity contribution in [3.63, 3.8) is 0 Å². The van der Waals surface area contributed by atoms with E-state index >= 15 is 0 Å². The number of rotatable bonds is 9. The van der Waals surface area contributed by atoms with E-state index in [0.29, 0.717) is 51.9 Å². The minimum absolute atomic E-state index is 0.0388. The Balaban J connectivity index is 1.92. The van der Waals surface area contributed by atoms with Crippen LogP contribution in [0.2, 0.25) is 0 Å². The standard InChI is InChI=1S/C24H27N3O6S/c1-31-20-12-15-11-16(22(29)25-19(15)13-21(20)32-2)14-27(9-6-10-28)24(34)26-18-8-5-4-7-17(18)23(30)33-3/h4-5,7-8,11-13,28H,6,9-10,14H2,1-3H3,(H,25,29)(H,26,34). The fraction of sp³-hybridized carbons (Fsp3) is 0.292. The molecule has 2 aromatic carbocycles. The lowest BCUT2D eigenvalue weighted by molar-refractivity contribution is 0.0602. The molecule has 0 fully saturated rings. The van der Waals surface area contributed by atoms with Gasteiger partial charge in [0.2, 0.25) is 0 Å². The van der Waals surface area contributed by atoms with Crippen molar-refractivity contribution in [2.24, 2.45) is 0 Å². The summed E-state index contributed by atoms with van der Waals surface area (Å²) in [4.78, 5) is 29.6. The fourth-order valence-corrected chi connectivity index (χ4v) is 3.76. The Morgan fingerprint density at radius 3 is 2.50 bits per heavy atom. The van der Waals surface area contributed by atoms with Gasteiger partial charge in [0.25, 0.3) is 5.56 Å². The highest BCUT2D eigenvalue weighted by molar-refractivity contribution is 7.80. The summed E-state index contributed by atoms with van der Waals surface area (Å²) in [5, 5.41) is 13.5. The number of anilines is 1. The molecule has 0 spiro atoms. The van der Waals surface area contributed by atoms with Crippen LogP contribution in [-0.2, 0) is 11.3 Å². The van der Waals surface area contributed by atoms with Gasteiger partial charge in [0.05, 0.1) is 44.6 Å². The number of para-hydroxylation sites is 1. The third kappa shape index (κ3) is 5.64. The zero-order chi connectivity index (χ0) is 24.7. The molecule has 0 amide bonds. The van der Waals surface area contributed by atoms with E-state index in [1.165, 1.54) is 14.2 Å². The number of aliphatic hydroxyl groups excluding tert-OH is 1. The van der Waals surface area contributed by atoms with E-state index in [1.807, 2.05) is 0 Å². The molecule has 3 rings (SSSR count). The van der Waals surface area contributed by atoms with Crippen LogP contribution < -0.4 is 20.3 Å². The summed E-state index contributed by atoms with van der Waals surface area (Å²) in [6, 6.07) is 12.1. The van der Waals surface area contributed by atoms with Crippen molar-refractivity contribution >= 4 is 39.9 Å². The van der Waals surface area contributed by atoms with Crippen LogP contribution in [0.15, 0.2) is 47.3 Å². The predicted octanol–water partition coefficient (Wildman–Crippen LogP) is 2.91. The molecular formula is C24H27N3O6S. The quantitative estimate of drug-likeness (QED) is 0.311. The lowest BCUT2D eigenvalue weighted by Gasteiger charge is -2.26. The molecule has 0 unspecified atom stereocenters. The molecule has 180 valence electrons. The maximum absolute atomic E-state index is 12.8. The molecule has 1 heterocycles. The molecule has 3 aromatic rings. The zero-order valence-corrected chi connectivity index (χ0v) is 20.0. The Labute approximate surface area is 202 Å². The van der Waals surface area contributed by atoms with Gasteiger partial charge in [0.15, 0.2) is 16.6 Å². The molecule has 9 nitrogen and oxygen atoms in total. The Hall–Kier alpha value is -3.63. The van der Waals surface area contributed by atoms with Gasteiger partial charge in [-0.1, -0.05) is 12.1 Å². The number of ether oxygens (including phenoxy) is 3. The van der Waals surface area contributed by atoms with E-state index in [2.05, 4.69) is 10.3 Å². The van der Waals surface area contributed by atoms with Gasteiger partial charge in [-0.05, 0) is 42.9 Å². The van der Waals surface area contributed by atoms with Crippen LogP contribution in [0.5, 0.6) is 11.5 Å². The highest BCUT2D eigenvalue weighted by Crippen LogP contribution is 2.31. The van der Waals surface area contributed by atoms with Gasteiger partial charge in [-0.2, -0.15) is 0 Å². The highest BCUT2D eigenvalue weighted by atomic mass is 32.1. The summed E-state index contributed by atoms with van der Waals surface area (Å²) in [5.41, 5.74) is 1.63. The second-order valence-electron chi connectivity index (χ2n) is 7.38. The van der Waals surface area contributed by atoms with Crippen molar-refractivity contribution in [3.05, 3.63) is 63.9 Å². The van der Waals surface area contributed by atoms with Crippen molar-refractivity contribution in [1.82, 2.24) is 9.88 Å². The Morgan fingerprint density at radius 1 is 1.12 bits per heavy atom. The number of pyridine rings is 1. The molecule has 10 heteroatoms. The van der Waals surface area contributed by atoms with Gasteiger partial charge in [0.1, 0.15) is 0 Å². The second-order valence-corrected chi connectivity index (χ2v) is 7.77. The zero-order valence-electron chi connectivity index (χ0n) is 19.2. The van der Waals surface area contributed by atoms with Gasteiger partial charge in [-0.25, -0.2) is 4.79 Å². The summed E-state index contributed by atoms with van der Waals surface area (Å²) in [5.74, 6) is 0.558. The first kappa shape index (κ1) is 25.0. The number of carbonyl (C=O) groups excluding carboxylic acids is 1. The maximum Gasteiger partial charge on any atom is 0.339 e.